The summed E-state index contributed by atoms with van der Waals surface area (Å²) >= 11 is 8.54. The van der Waals surface area contributed by atoms with Gasteiger partial charge in [0.05, 0.1) is 11.9 Å². The Morgan fingerprint density at radius 2 is 2.00 bits per heavy atom. The van der Waals surface area contributed by atoms with Gasteiger partial charge >= 0.3 is 0 Å². The van der Waals surface area contributed by atoms with Crippen molar-refractivity contribution >= 4 is 49.4 Å². The van der Waals surface area contributed by atoms with Crippen LogP contribution in [0, 0.1) is 0 Å². The van der Waals surface area contributed by atoms with Crippen LogP contribution in [0.4, 0.5) is 0 Å². The zero-order chi connectivity index (χ0) is 17.8. The molecule has 0 aliphatic heterocycles. The van der Waals surface area contributed by atoms with Gasteiger partial charge in [0.25, 0.3) is 0 Å². The number of phenolic OH excluding ortho intramolecular Hbond substituents is 1. The van der Waals surface area contributed by atoms with E-state index in [9.17, 15) is 5.11 Å². The van der Waals surface area contributed by atoms with Gasteiger partial charge in [-0.2, -0.15) is 5.10 Å². The van der Waals surface area contributed by atoms with Crippen LogP contribution in [0.15, 0.2) is 66.9 Å². The minimum absolute atomic E-state index is 0.180. The van der Waals surface area contributed by atoms with Gasteiger partial charge in [-0.15, -0.1) is 11.3 Å². The first-order valence-electron chi connectivity index (χ1n) is 7.59. The maximum Gasteiger partial charge on any atom is 0.206 e. The number of hydrogen-bond donors (Lipinski definition) is 1. The number of aromatic hydroxyl groups is 1. The Morgan fingerprint density at radius 1 is 1.20 bits per heavy atom. The van der Waals surface area contributed by atoms with Crippen molar-refractivity contribution in [3.63, 3.8) is 0 Å². The Bertz CT molecular complexity index is 992. The second-order valence-corrected chi connectivity index (χ2v) is 7.72. The molecule has 2 aromatic carbocycles. The van der Waals surface area contributed by atoms with Gasteiger partial charge < -0.3 is 5.11 Å². The van der Waals surface area contributed by atoms with Crippen molar-refractivity contribution in [3.05, 3.63) is 67.2 Å². The molecule has 128 valence electrons. The molecule has 1 heterocycles. The fourth-order valence-electron chi connectivity index (χ4n) is 2.26. The van der Waals surface area contributed by atoms with Crippen molar-refractivity contribution in [3.8, 4) is 17.0 Å². The van der Waals surface area contributed by atoms with Gasteiger partial charge in [-0.25, -0.2) is 4.68 Å². The summed E-state index contributed by atoms with van der Waals surface area (Å²) in [5.41, 5.74) is 2.61. The van der Waals surface area contributed by atoms with Gasteiger partial charge in [0.1, 0.15) is 5.75 Å². The van der Waals surface area contributed by atoms with E-state index >= 15 is 0 Å². The van der Waals surface area contributed by atoms with Crippen LogP contribution >= 0.6 is 43.2 Å². The summed E-state index contributed by atoms with van der Waals surface area (Å²) in [7, 11) is 0. The highest BCUT2D eigenvalue weighted by atomic mass is 79.9. The standard InChI is InChI=1S/C18H15Br2N3OS/c1-2-21-18-23(22-10-12-9-13(19)7-8-17(12)24)16(11-25-18)14-5-3-4-6-15(14)20/h3-11,24H,2H2,1H3. The molecule has 1 N–H and O–H groups in total. The molecule has 0 fully saturated rings. The number of benzene rings is 2. The van der Waals surface area contributed by atoms with Gasteiger partial charge in [-0.3, -0.25) is 4.99 Å². The molecule has 0 amide bonds. The molecular formula is C18H15Br2N3OS. The minimum atomic E-state index is 0.180. The quantitative estimate of drug-likeness (QED) is 0.509. The van der Waals surface area contributed by atoms with Crippen LogP contribution in [0.2, 0.25) is 0 Å². The molecule has 0 saturated carbocycles. The summed E-state index contributed by atoms with van der Waals surface area (Å²) in [4.78, 5) is 5.32. The van der Waals surface area contributed by atoms with Crippen molar-refractivity contribution < 1.29 is 5.11 Å². The van der Waals surface area contributed by atoms with Gasteiger partial charge in [0.15, 0.2) is 0 Å². The molecule has 0 aliphatic carbocycles. The molecule has 0 spiro atoms. The number of nitrogens with zero attached hydrogens (tertiary/aromatic N) is 3. The van der Waals surface area contributed by atoms with Crippen molar-refractivity contribution in [1.82, 2.24) is 4.68 Å². The predicted molar refractivity (Wildman–Crippen MR) is 110 cm³/mol. The molecule has 4 nitrogen and oxygen atoms in total. The zero-order valence-corrected chi connectivity index (χ0v) is 17.3. The normalized spacial score (nSPS) is 12.2. The van der Waals surface area contributed by atoms with Crippen LogP contribution in [0.25, 0.3) is 11.3 Å². The van der Waals surface area contributed by atoms with E-state index in [0.717, 1.165) is 25.0 Å². The summed E-state index contributed by atoms with van der Waals surface area (Å²) in [6, 6.07) is 13.2. The molecule has 1 aromatic heterocycles. The van der Waals surface area contributed by atoms with Crippen molar-refractivity contribution in [1.29, 1.82) is 0 Å². The van der Waals surface area contributed by atoms with Crippen LogP contribution < -0.4 is 4.80 Å². The number of phenols is 1. The summed E-state index contributed by atoms with van der Waals surface area (Å²) in [5.74, 6) is 0.180. The maximum atomic E-state index is 10.0. The average molecular weight is 481 g/mol. The monoisotopic (exact) mass is 479 g/mol. The zero-order valence-electron chi connectivity index (χ0n) is 13.4. The van der Waals surface area contributed by atoms with Gasteiger partial charge in [-0.1, -0.05) is 50.1 Å². The fraction of sp³-hybridized carbons (Fsp3) is 0.111. The SMILES string of the molecule is CCN=c1scc(-c2ccccc2Br)n1N=Cc1cc(Br)ccc1O. The fourth-order valence-corrected chi connectivity index (χ4v) is 4.02. The van der Waals surface area contributed by atoms with E-state index in [2.05, 4.69) is 42.0 Å². The number of halogens is 2. The van der Waals surface area contributed by atoms with Gasteiger partial charge in [-0.05, 0) is 31.2 Å². The number of aromatic nitrogens is 1. The molecule has 0 atom stereocenters. The number of rotatable bonds is 4. The third-order valence-electron chi connectivity index (χ3n) is 3.43. The highest BCUT2D eigenvalue weighted by molar-refractivity contribution is 9.10. The topological polar surface area (TPSA) is 49.9 Å². The van der Waals surface area contributed by atoms with E-state index in [4.69, 9.17) is 0 Å². The van der Waals surface area contributed by atoms with Crippen molar-refractivity contribution in [2.75, 3.05) is 6.54 Å². The molecule has 3 rings (SSSR count). The van der Waals surface area contributed by atoms with Crippen LogP contribution in [0.5, 0.6) is 5.75 Å². The molecule has 0 unspecified atom stereocenters. The van der Waals surface area contributed by atoms with E-state index in [1.807, 2.05) is 42.6 Å². The highest BCUT2D eigenvalue weighted by Crippen LogP contribution is 2.28. The summed E-state index contributed by atoms with van der Waals surface area (Å²) in [5, 5.41) is 16.6. The molecule has 0 bridgehead atoms. The molecule has 3 aromatic rings. The van der Waals surface area contributed by atoms with Crippen molar-refractivity contribution in [2.24, 2.45) is 10.1 Å². The largest absolute Gasteiger partial charge is 0.507 e. The lowest BCUT2D eigenvalue weighted by molar-refractivity contribution is 0.474. The second kappa shape index (κ2) is 8.12. The molecule has 0 radical (unpaired) electrons. The molecule has 7 heteroatoms. The summed E-state index contributed by atoms with van der Waals surface area (Å²) in [6.07, 6.45) is 1.64. The Morgan fingerprint density at radius 3 is 2.76 bits per heavy atom. The van der Waals surface area contributed by atoms with Crippen molar-refractivity contribution in [2.45, 2.75) is 6.92 Å². The Labute approximate surface area is 166 Å². The van der Waals surface area contributed by atoms with Crippen LogP contribution in [0.3, 0.4) is 0 Å². The van der Waals surface area contributed by atoms with E-state index in [1.54, 1.807) is 23.0 Å². The minimum Gasteiger partial charge on any atom is -0.507 e. The summed E-state index contributed by atoms with van der Waals surface area (Å²) in [6.45, 7) is 2.67. The third kappa shape index (κ3) is 4.11. The maximum absolute atomic E-state index is 10.0. The number of hydrogen-bond acceptors (Lipinski definition) is 4. The Kier molecular flexibility index (Phi) is 5.88. The summed E-state index contributed by atoms with van der Waals surface area (Å²) < 4.78 is 3.67. The molecule has 0 aliphatic rings. The van der Waals surface area contributed by atoms with Crippen LogP contribution in [0.1, 0.15) is 12.5 Å². The molecule has 25 heavy (non-hydrogen) atoms. The smallest absolute Gasteiger partial charge is 0.206 e. The first-order chi connectivity index (χ1) is 12.1. The van der Waals surface area contributed by atoms with E-state index in [0.29, 0.717) is 12.1 Å². The lowest BCUT2D eigenvalue weighted by atomic mass is 10.2. The Balaban J connectivity index is 2.13. The van der Waals surface area contributed by atoms with Gasteiger partial charge in [0, 0.05) is 32.0 Å². The van der Waals surface area contributed by atoms with Crippen LogP contribution in [-0.2, 0) is 0 Å². The van der Waals surface area contributed by atoms with E-state index in [1.165, 1.54) is 11.3 Å². The first kappa shape index (κ1) is 18.1. The van der Waals surface area contributed by atoms with E-state index < -0.39 is 0 Å². The molecular weight excluding hydrogens is 466 g/mol. The first-order valence-corrected chi connectivity index (χ1v) is 10.1. The highest BCUT2D eigenvalue weighted by Gasteiger charge is 2.10. The molecule has 0 saturated heterocycles. The van der Waals surface area contributed by atoms with Gasteiger partial charge in [0.2, 0.25) is 4.80 Å². The number of thiazole rings is 1. The average Bonchev–Trinajstić information content (AvgIpc) is 2.99. The predicted octanol–water partition coefficient (Wildman–Crippen LogP) is 5.25. The lowest BCUT2D eigenvalue weighted by Gasteiger charge is -2.06. The third-order valence-corrected chi connectivity index (χ3v) is 5.47. The van der Waals surface area contributed by atoms with Crippen LogP contribution in [-0.4, -0.2) is 22.5 Å². The Hall–Kier alpha value is -1.70. The van der Waals surface area contributed by atoms with E-state index in [-0.39, 0.29) is 5.75 Å². The second-order valence-electron chi connectivity index (χ2n) is 5.12. The lowest BCUT2D eigenvalue weighted by Crippen LogP contribution is -2.12.